The molecule has 0 saturated heterocycles. The van der Waals surface area contributed by atoms with Crippen molar-refractivity contribution in [1.29, 1.82) is 0 Å². The topological polar surface area (TPSA) is 121 Å². The number of carbonyl (C=O) groups excluding carboxylic acids is 1. The van der Waals surface area contributed by atoms with Gasteiger partial charge in [-0.2, -0.15) is 9.78 Å². The number of aromatic nitrogens is 5. The summed E-state index contributed by atoms with van der Waals surface area (Å²) >= 11 is 0. The van der Waals surface area contributed by atoms with Gasteiger partial charge in [-0.3, -0.25) is 4.79 Å². The van der Waals surface area contributed by atoms with Crippen LogP contribution in [0.5, 0.6) is 0 Å². The van der Waals surface area contributed by atoms with Crippen LogP contribution < -0.4 is 5.32 Å². The number of carbonyl (C=O) groups is 1. The molecule has 2 heterocycles. The SMILES string of the molecule is CC(C)CNC(=O)c1ccn(Cn2cnc([N+](=O)[O-])n2)n1. The number of rotatable bonds is 6. The van der Waals surface area contributed by atoms with Crippen molar-refractivity contribution in [2.75, 3.05) is 6.54 Å². The first-order valence-corrected chi connectivity index (χ1v) is 6.31. The lowest BCUT2D eigenvalue weighted by atomic mass is 10.2. The monoisotopic (exact) mass is 293 g/mol. The van der Waals surface area contributed by atoms with Gasteiger partial charge in [0, 0.05) is 17.8 Å². The lowest BCUT2D eigenvalue weighted by molar-refractivity contribution is -0.394. The third-order valence-corrected chi connectivity index (χ3v) is 2.52. The summed E-state index contributed by atoms with van der Waals surface area (Å²) in [5.41, 5.74) is 0.283. The van der Waals surface area contributed by atoms with Crippen LogP contribution in [-0.2, 0) is 6.67 Å². The molecule has 0 aliphatic carbocycles. The Bertz CT molecular complexity index is 646. The number of amides is 1. The predicted molar refractivity (Wildman–Crippen MR) is 71.5 cm³/mol. The quantitative estimate of drug-likeness (QED) is 0.603. The lowest BCUT2D eigenvalue weighted by Gasteiger charge is -2.05. The largest absolute Gasteiger partial charge is 0.491 e. The molecule has 0 atom stereocenters. The highest BCUT2D eigenvalue weighted by Gasteiger charge is 2.14. The molecule has 0 aliphatic heterocycles. The summed E-state index contributed by atoms with van der Waals surface area (Å²) in [6.07, 6.45) is 2.83. The van der Waals surface area contributed by atoms with E-state index in [1.807, 2.05) is 13.8 Å². The van der Waals surface area contributed by atoms with E-state index in [1.54, 1.807) is 12.3 Å². The summed E-state index contributed by atoms with van der Waals surface area (Å²) < 4.78 is 2.71. The molecule has 10 heteroatoms. The molecule has 2 aromatic rings. The van der Waals surface area contributed by atoms with E-state index in [-0.39, 0.29) is 18.3 Å². The van der Waals surface area contributed by atoms with Crippen molar-refractivity contribution in [3.05, 3.63) is 34.4 Å². The van der Waals surface area contributed by atoms with Gasteiger partial charge in [-0.1, -0.05) is 18.8 Å². The molecular formula is C11H15N7O3. The molecule has 2 aromatic heterocycles. The van der Waals surface area contributed by atoms with Crippen LogP contribution in [0.15, 0.2) is 18.6 Å². The molecule has 0 aliphatic rings. The first-order valence-electron chi connectivity index (χ1n) is 6.31. The summed E-state index contributed by atoms with van der Waals surface area (Å²) in [5.74, 6) is -0.379. The minimum Gasteiger partial charge on any atom is -0.390 e. The minimum atomic E-state index is -0.676. The van der Waals surface area contributed by atoms with Crippen molar-refractivity contribution >= 4 is 11.9 Å². The highest BCUT2D eigenvalue weighted by Crippen LogP contribution is 2.01. The van der Waals surface area contributed by atoms with E-state index in [9.17, 15) is 14.9 Å². The molecule has 1 amide bonds. The Morgan fingerprint density at radius 2 is 2.19 bits per heavy atom. The van der Waals surface area contributed by atoms with Crippen molar-refractivity contribution in [1.82, 2.24) is 29.9 Å². The highest BCUT2D eigenvalue weighted by atomic mass is 16.6. The molecule has 0 spiro atoms. The van der Waals surface area contributed by atoms with Gasteiger partial charge in [-0.15, -0.1) is 0 Å². The van der Waals surface area contributed by atoms with Gasteiger partial charge in [0.1, 0.15) is 5.69 Å². The second-order valence-electron chi connectivity index (χ2n) is 4.83. The van der Waals surface area contributed by atoms with Crippen molar-refractivity contribution in [3.63, 3.8) is 0 Å². The Labute approximate surface area is 119 Å². The van der Waals surface area contributed by atoms with E-state index >= 15 is 0 Å². The van der Waals surface area contributed by atoms with Crippen LogP contribution in [0.3, 0.4) is 0 Å². The molecule has 0 fully saturated rings. The molecular weight excluding hydrogens is 278 g/mol. The zero-order valence-corrected chi connectivity index (χ0v) is 11.6. The van der Waals surface area contributed by atoms with Crippen LogP contribution in [-0.4, -0.2) is 41.9 Å². The smallest absolute Gasteiger partial charge is 0.390 e. The molecule has 0 saturated carbocycles. The lowest BCUT2D eigenvalue weighted by Crippen LogP contribution is -2.27. The Hall–Kier alpha value is -2.78. The van der Waals surface area contributed by atoms with Gasteiger partial charge in [0.15, 0.2) is 6.67 Å². The number of nitrogens with one attached hydrogen (secondary N) is 1. The van der Waals surface area contributed by atoms with Crippen LogP contribution >= 0.6 is 0 Å². The summed E-state index contributed by atoms with van der Waals surface area (Å²) in [4.78, 5) is 25.1. The van der Waals surface area contributed by atoms with Gasteiger partial charge >= 0.3 is 5.95 Å². The molecule has 0 unspecified atom stereocenters. The number of nitrogens with zero attached hydrogens (tertiary/aromatic N) is 6. The van der Waals surface area contributed by atoms with Crippen LogP contribution in [0.1, 0.15) is 24.3 Å². The van der Waals surface area contributed by atoms with E-state index in [2.05, 4.69) is 20.5 Å². The predicted octanol–water partition coefficient (Wildman–Crippen LogP) is 0.274. The van der Waals surface area contributed by atoms with Crippen LogP contribution in [0.25, 0.3) is 0 Å². The maximum atomic E-state index is 11.8. The zero-order valence-electron chi connectivity index (χ0n) is 11.6. The number of nitro groups is 1. The van der Waals surface area contributed by atoms with Gasteiger partial charge in [-0.05, 0) is 16.9 Å². The number of hydrogen-bond donors (Lipinski definition) is 1. The molecule has 1 N–H and O–H groups in total. The van der Waals surface area contributed by atoms with Gasteiger partial charge < -0.3 is 15.4 Å². The fourth-order valence-corrected chi connectivity index (χ4v) is 1.53. The van der Waals surface area contributed by atoms with Crippen molar-refractivity contribution in [2.24, 2.45) is 5.92 Å². The van der Waals surface area contributed by atoms with E-state index in [0.717, 1.165) is 0 Å². The average molecular weight is 293 g/mol. The normalized spacial score (nSPS) is 10.8. The first kappa shape index (κ1) is 14.6. The fourth-order valence-electron chi connectivity index (χ4n) is 1.53. The Morgan fingerprint density at radius 1 is 1.43 bits per heavy atom. The maximum absolute atomic E-state index is 11.8. The first-order chi connectivity index (χ1) is 9.95. The Kier molecular flexibility index (Phi) is 4.26. The van der Waals surface area contributed by atoms with Gasteiger partial charge in [0.25, 0.3) is 5.91 Å². The third-order valence-electron chi connectivity index (χ3n) is 2.52. The van der Waals surface area contributed by atoms with Crippen molar-refractivity contribution in [2.45, 2.75) is 20.5 Å². The number of hydrogen-bond acceptors (Lipinski definition) is 6. The Morgan fingerprint density at radius 3 is 2.81 bits per heavy atom. The molecule has 10 nitrogen and oxygen atoms in total. The van der Waals surface area contributed by atoms with Crippen LogP contribution in [0.2, 0.25) is 0 Å². The van der Waals surface area contributed by atoms with Crippen LogP contribution in [0.4, 0.5) is 5.95 Å². The zero-order chi connectivity index (χ0) is 15.4. The summed E-state index contributed by atoms with van der Waals surface area (Å²) in [7, 11) is 0. The molecule has 0 aromatic carbocycles. The second kappa shape index (κ2) is 6.11. The highest BCUT2D eigenvalue weighted by molar-refractivity contribution is 5.92. The second-order valence-corrected chi connectivity index (χ2v) is 4.83. The molecule has 0 radical (unpaired) electrons. The van der Waals surface area contributed by atoms with Crippen molar-refractivity contribution in [3.8, 4) is 0 Å². The molecule has 112 valence electrons. The van der Waals surface area contributed by atoms with E-state index in [4.69, 9.17) is 0 Å². The summed E-state index contributed by atoms with van der Waals surface area (Å²) in [6, 6.07) is 1.57. The summed E-state index contributed by atoms with van der Waals surface area (Å²) in [6.45, 7) is 4.70. The Balaban J connectivity index is 1.99. The minimum absolute atomic E-state index is 0.137. The standard InChI is InChI=1S/C11H15N7O3/c1-8(2)5-12-10(19)9-3-4-16(14-9)7-17-6-13-11(15-17)18(20)21/h3-4,6,8H,5,7H2,1-2H3,(H,12,19). The summed E-state index contributed by atoms with van der Waals surface area (Å²) in [5, 5.41) is 21.0. The van der Waals surface area contributed by atoms with Crippen molar-refractivity contribution < 1.29 is 9.72 Å². The van der Waals surface area contributed by atoms with Crippen LogP contribution in [0, 0.1) is 16.0 Å². The molecule has 2 rings (SSSR count). The fraction of sp³-hybridized carbons (Fsp3) is 0.455. The van der Waals surface area contributed by atoms with E-state index < -0.39 is 10.9 Å². The molecule has 21 heavy (non-hydrogen) atoms. The average Bonchev–Trinajstić information content (AvgIpc) is 3.05. The molecule has 0 bridgehead atoms. The third kappa shape index (κ3) is 3.84. The maximum Gasteiger partial charge on any atom is 0.491 e. The van der Waals surface area contributed by atoms with Gasteiger partial charge in [0.05, 0.1) is 0 Å². The van der Waals surface area contributed by atoms with Gasteiger partial charge in [-0.25, -0.2) is 4.68 Å². The van der Waals surface area contributed by atoms with Gasteiger partial charge in [0.2, 0.25) is 6.33 Å². The van der Waals surface area contributed by atoms with E-state index in [0.29, 0.717) is 12.5 Å². The van der Waals surface area contributed by atoms with E-state index in [1.165, 1.54) is 15.7 Å².